The van der Waals surface area contributed by atoms with Crippen molar-refractivity contribution >= 4 is 23.6 Å². The Kier molecular flexibility index (Phi) is 4.64. The fraction of sp³-hybridized carbons (Fsp3) is 0.526. The number of hydrogen-bond acceptors (Lipinski definition) is 5. The molecule has 3 rings (SSSR count). The minimum atomic E-state index is -0.801. The van der Waals surface area contributed by atoms with E-state index in [9.17, 15) is 9.59 Å². The van der Waals surface area contributed by atoms with Crippen molar-refractivity contribution in [1.29, 1.82) is 0 Å². The van der Waals surface area contributed by atoms with Crippen molar-refractivity contribution in [1.82, 2.24) is 10.2 Å². The van der Waals surface area contributed by atoms with Gasteiger partial charge in [0, 0.05) is 18.8 Å². The van der Waals surface area contributed by atoms with Crippen LogP contribution in [-0.4, -0.2) is 47.1 Å². The second-order valence-corrected chi connectivity index (χ2v) is 7.91. The van der Waals surface area contributed by atoms with Crippen LogP contribution in [0.25, 0.3) is 0 Å². The van der Waals surface area contributed by atoms with Gasteiger partial charge in [0.1, 0.15) is 11.1 Å². The minimum absolute atomic E-state index is 0.114. The van der Waals surface area contributed by atoms with Crippen LogP contribution in [0.4, 0.5) is 10.5 Å². The van der Waals surface area contributed by atoms with Gasteiger partial charge in [0.2, 0.25) is 5.96 Å². The van der Waals surface area contributed by atoms with Gasteiger partial charge in [-0.15, -0.1) is 0 Å². The predicted molar refractivity (Wildman–Crippen MR) is 100 cm³/mol. The Labute approximate surface area is 153 Å². The van der Waals surface area contributed by atoms with Gasteiger partial charge >= 0.3 is 6.09 Å². The molecule has 0 aromatic heterocycles. The lowest BCUT2D eigenvalue weighted by Gasteiger charge is -2.36. The Hall–Kier alpha value is -2.57. The zero-order valence-electron chi connectivity index (χ0n) is 15.8. The molecule has 7 heteroatoms. The zero-order chi connectivity index (χ0) is 18.9. The van der Waals surface area contributed by atoms with Crippen molar-refractivity contribution in [3.8, 4) is 0 Å². The first-order chi connectivity index (χ1) is 12.2. The first-order valence-electron chi connectivity index (χ1n) is 8.90. The van der Waals surface area contributed by atoms with E-state index < -0.39 is 11.1 Å². The molecule has 0 saturated carbocycles. The number of benzene rings is 1. The summed E-state index contributed by atoms with van der Waals surface area (Å²) in [4.78, 5) is 31.0. The molecule has 0 atom stereocenters. The number of hydrogen-bond donors (Lipinski definition) is 2. The molecule has 1 aromatic carbocycles. The molecule has 0 bridgehead atoms. The quantitative estimate of drug-likeness (QED) is 0.808. The second-order valence-electron chi connectivity index (χ2n) is 7.91. The van der Waals surface area contributed by atoms with Gasteiger partial charge in [-0.25, -0.2) is 9.79 Å². The summed E-state index contributed by atoms with van der Waals surface area (Å²) in [5, 5.41) is 5.99. The van der Waals surface area contributed by atoms with E-state index in [-0.39, 0.29) is 12.0 Å². The average molecular weight is 358 g/mol. The van der Waals surface area contributed by atoms with Gasteiger partial charge in [-0.1, -0.05) is 12.1 Å². The smallest absolute Gasteiger partial charge is 0.410 e. The number of anilines is 1. The number of guanidine groups is 1. The monoisotopic (exact) mass is 358 g/mol. The third-order valence-corrected chi connectivity index (χ3v) is 4.50. The van der Waals surface area contributed by atoms with Crippen LogP contribution in [0.2, 0.25) is 0 Å². The van der Waals surface area contributed by atoms with Crippen LogP contribution in [0.3, 0.4) is 0 Å². The SMILES string of the molecule is Cc1cccc(NC2=NC3(CCN(C(=O)OC(C)(C)C)CC3)C(=O)N2)c1. The largest absolute Gasteiger partial charge is 0.444 e. The van der Waals surface area contributed by atoms with Crippen LogP contribution >= 0.6 is 0 Å². The van der Waals surface area contributed by atoms with E-state index in [0.29, 0.717) is 31.9 Å². The summed E-state index contributed by atoms with van der Waals surface area (Å²) in [6.45, 7) is 8.43. The molecule has 0 aliphatic carbocycles. The van der Waals surface area contributed by atoms with Crippen molar-refractivity contribution in [2.24, 2.45) is 4.99 Å². The van der Waals surface area contributed by atoms with E-state index in [4.69, 9.17) is 4.74 Å². The average Bonchev–Trinajstić information content (AvgIpc) is 2.81. The number of rotatable bonds is 1. The van der Waals surface area contributed by atoms with E-state index in [1.807, 2.05) is 52.0 Å². The topological polar surface area (TPSA) is 83.0 Å². The van der Waals surface area contributed by atoms with Gasteiger partial charge in [-0.3, -0.25) is 10.1 Å². The molecular formula is C19H26N4O3. The summed E-state index contributed by atoms with van der Waals surface area (Å²) in [5.41, 5.74) is 0.678. The highest BCUT2D eigenvalue weighted by molar-refractivity contribution is 6.12. The highest BCUT2D eigenvalue weighted by atomic mass is 16.6. The Morgan fingerprint density at radius 3 is 2.62 bits per heavy atom. The third kappa shape index (κ3) is 3.98. The first-order valence-corrected chi connectivity index (χ1v) is 8.90. The van der Waals surface area contributed by atoms with E-state index >= 15 is 0 Å². The number of nitrogens with one attached hydrogen (secondary N) is 2. The fourth-order valence-electron chi connectivity index (χ4n) is 3.16. The van der Waals surface area contributed by atoms with Gasteiger partial charge in [0.05, 0.1) is 0 Å². The Bertz CT molecular complexity index is 743. The van der Waals surface area contributed by atoms with E-state index in [0.717, 1.165) is 11.3 Å². The zero-order valence-corrected chi connectivity index (χ0v) is 15.8. The molecule has 2 aliphatic heterocycles. The molecule has 0 radical (unpaired) electrons. The maximum Gasteiger partial charge on any atom is 0.410 e. The van der Waals surface area contributed by atoms with Crippen molar-refractivity contribution in [2.45, 2.75) is 51.7 Å². The van der Waals surface area contributed by atoms with E-state index in [1.165, 1.54) is 0 Å². The molecule has 7 nitrogen and oxygen atoms in total. The van der Waals surface area contributed by atoms with Gasteiger partial charge in [-0.2, -0.15) is 0 Å². The summed E-state index contributed by atoms with van der Waals surface area (Å²) < 4.78 is 5.40. The number of carbonyl (C=O) groups is 2. The summed E-state index contributed by atoms with van der Waals surface area (Å²) >= 11 is 0. The van der Waals surface area contributed by atoms with Gasteiger partial charge < -0.3 is 15.0 Å². The molecule has 0 unspecified atom stereocenters. The molecular weight excluding hydrogens is 332 g/mol. The Morgan fingerprint density at radius 2 is 2.00 bits per heavy atom. The molecule has 2 heterocycles. The maximum absolute atomic E-state index is 12.5. The summed E-state index contributed by atoms with van der Waals surface area (Å²) in [6.07, 6.45) is 0.626. The molecule has 2 amide bonds. The van der Waals surface area contributed by atoms with Gasteiger partial charge in [-0.05, 0) is 58.2 Å². The van der Waals surface area contributed by atoms with Crippen molar-refractivity contribution in [3.05, 3.63) is 29.8 Å². The number of nitrogens with zero attached hydrogens (tertiary/aromatic N) is 2. The predicted octanol–water partition coefficient (Wildman–Crippen LogP) is 2.66. The van der Waals surface area contributed by atoms with Crippen molar-refractivity contribution in [2.75, 3.05) is 18.4 Å². The van der Waals surface area contributed by atoms with Crippen molar-refractivity contribution in [3.63, 3.8) is 0 Å². The van der Waals surface area contributed by atoms with E-state index in [1.54, 1.807) is 4.90 Å². The van der Waals surface area contributed by atoms with Crippen LogP contribution in [0.1, 0.15) is 39.2 Å². The number of likely N-dealkylation sites (tertiary alicyclic amines) is 1. The molecule has 2 N–H and O–H groups in total. The minimum Gasteiger partial charge on any atom is -0.444 e. The third-order valence-electron chi connectivity index (χ3n) is 4.50. The van der Waals surface area contributed by atoms with Crippen molar-refractivity contribution < 1.29 is 14.3 Å². The molecule has 2 aliphatic rings. The number of carbonyl (C=O) groups excluding carboxylic acids is 2. The second kappa shape index (κ2) is 6.63. The molecule has 1 saturated heterocycles. The lowest BCUT2D eigenvalue weighted by molar-refractivity contribution is -0.125. The lowest BCUT2D eigenvalue weighted by atomic mass is 9.88. The maximum atomic E-state index is 12.5. The van der Waals surface area contributed by atoms with Gasteiger partial charge in [0.15, 0.2) is 0 Å². The number of piperidine rings is 1. The lowest BCUT2D eigenvalue weighted by Crippen LogP contribution is -2.51. The normalized spacial score (nSPS) is 19.2. The highest BCUT2D eigenvalue weighted by Gasteiger charge is 2.47. The number of ether oxygens (including phenoxy) is 1. The fourth-order valence-corrected chi connectivity index (χ4v) is 3.16. The number of aryl methyl sites for hydroxylation is 1. The van der Waals surface area contributed by atoms with Crippen LogP contribution in [-0.2, 0) is 9.53 Å². The molecule has 26 heavy (non-hydrogen) atoms. The summed E-state index contributed by atoms with van der Waals surface area (Å²) in [6, 6.07) is 7.88. The Morgan fingerprint density at radius 1 is 1.31 bits per heavy atom. The molecule has 140 valence electrons. The van der Waals surface area contributed by atoms with Crippen LogP contribution in [0.5, 0.6) is 0 Å². The van der Waals surface area contributed by atoms with E-state index in [2.05, 4.69) is 15.6 Å². The van der Waals surface area contributed by atoms with Crippen LogP contribution in [0, 0.1) is 6.92 Å². The first kappa shape index (κ1) is 18.2. The molecule has 1 fully saturated rings. The summed E-state index contributed by atoms with van der Waals surface area (Å²) in [7, 11) is 0. The van der Waals surface area contributed by atoms with Gasteiger partial charge in [0.25, 0.3) is 5.91 Å². The Balaban J connectivity index is 1.65. The van der Waals surface area contributed by atoms with Crippen LogP contribution in [0.15, 0.2) is 29.3 Å². The summed E-state index contributed by atoms with van der Waals surface area (Å²) in [5.74, 6) is 0.350. The standard InChI is InChI=1S/C19H26N4O3/c1-13-6-5-7-14(12-13)20-16-21-15(24)19(22-16)8-10-23(11-9-19)17(25)26-18(2,3)4/h5-7,12H,8-11H2,1-4H3,(H2,20,21,22,24). The number of amides is 2. The van der Waals surface area contributed by atoms with Crippen LogP contribution < -0.4 is 10.6 Å². The highest BCUT2D eigenvalue weighted by Crippen LogP contribution is 2.30. The molecule has 1 spiro atoms. The number of aliphatic imine (C=N–C) groups is 1. The molecule has 1 aromatic rings.